The number of hydrogen-bond acceptors (Lipinski definition) is 2. The van der Waals surface area contributed by atoms with E-state index in [9.17, 15) is 4.79 Å². The van der Waals surface area contributed by atoms with Crippen LogP contribution in [0.5, 0.6) is 0 Å². The van der Waals surface area contributed by atoms with Gasteiger partial charge in [0.05, 0.1) is 0 Å². The molecule has 0 radical (unpaired) electrons. The maximum absolute atomic E-state index is 11.4. The van der Waals surface area contributed by atoms with E-state index in [-0.39, 0.29) is 5.97 Å². The Balaban J connectivity index is 2.71. The second-order valence-corrected chi connectivity index (χ2v) is 3.31. The maximum atomic E-state index is 11.4. The summed E-state index contributed by atoms with van der Waals surface area (Å²) in [5.41, 5.74) is 0.619. The molecule has 0 aliphatic rings. The molecule has 0 spiro atoms. The molecule has 0 saturated carbocycles. The van der Waals surface area contributed by atoms with Gasteiger partial charge in [0.15, 0.2) is 0 Å². The van der Waals surface area contributed by atoms with Crippen molar-refractivity contribution in [2.45, 2.75) is 0 Å². The van der Waals surface area contributed by atoms with E-state index >= 15 is 0 Å². The van der Waals surface area contributed by atoms with Gasteiger partial charge in [-0.3, -0.25) is 0 Å². The first-order valence-electron chi connectivity index (χ1n) is 4.15. The molecule has 0 amide bonds. The molecule has 0 saturated heterocycles. The zero-order chi connectivity index (χ0) is 9.97. The van der Waals surface area contributed by atoms with Crippen LogP contribution in [-0.2, 0) is 23.6 Å². The monoisotopic (exact) mass is 269 g/mol. The summed E-state index contributed by atoms with van der Waals surface area (Å²) in [4.78, 5) is 11.4. The summed E-state index contributed by atoms with van der Waals surface area (Å²) >= 11 is 1.32. The van der Waals surface area contributed by atoms with E-state index in [2.05, 4.69) is 0 Å². The van der Waals surface area contributed by atoms with Crippen molar-refractivity contribution in [1.29, 1.82) is 0 Å². The van der Waals surface area contributed by atoms with E-state index in [1.165, 1.54) is 20.2 Å². The molecular formula is C11H7MoO2. The van der Waals surface area contributed by atoms with Crippen LogP contribution in [0.2, 0.25) is 0 Å². The Hall–Kier alpha value is -1.14. The molecule has 14 heavy (non-hydrogen) atoms. The van der Waals surface area contributed by atoms with Crippen LogP contribution in [0.1, 0.15) is 10.4 Å². The molecule has 0 aliphatic heterocycles. The van der Waals surface area contributed by atoms with Gasteiger partial charge in [-0.25, -0.2) is 0 Å². The van der Waals surface area contributed by atoms with Crippen LogP contribution >= 0.6 is 0 Å². The molecule has 3 heteroatoms. The zero-order valence-corrected chi connectivity index (χ0v) is 9.27. The van der Waals surface area contributed by atoms with Crippen LogP contribution in [-0.4, -0.2) is 5.97 Å². The molecule has 69 valence electrons. The topological polar surface area (TPSA) is 26.3 Å². The van der Waals surface area contributed by atoms with Gasteiger partial charge in [0.1, 0.15) is 0 Å². The van der Waals surface area contributed by atoms with Crippen molar-refractivity contribution in [2.24, 2.45) is 0 Å². The summed E-state index contributed by atoms with van der Waals surface area (Å²) in [6.07, 6.45) is 0. The van der Waals surface area contributed by atoms with Gasteiger partial charge in [-0.2, -0.15) is 0 Å². The van der Waals surface area contributed by atoms with E-state index in [1.807, 2.05) is 36.4 Å². The van der Waals surface area contributed by atoms with Crippen molar-refractivity contribution >= 4 is 16.7 Å². The molecule has 0 fully saturated rings. The second-order valence-electron chi connectivity index (χ2n) is 2.90. The molecule has 2 rings (SSSR count). The molecule has 0 bridgehead atoms. The Kier molecular flexibility index (Phi) is 2.64. The third-order valence-electron chi connectivity index (χ3n) is 2.09. The first-order chi connectivity index (χ1) is 6.83. The summed E-state index contributed by atoms with van der Waals surface area (Å²) in [7, 11) is 0. The molecule has 0 aliphatic carbocycles. The quantitative estimate of drug-likeness (QED) is 0.742. The van der Waals surface area contributed by atoms with Crippen molar-refractivity contribution in [1.82, 2.24) is 0 Å². The van der Waals surface area contributed by atoms with Gasteiger partial charge in [0.25, 0.3) is 0 Å². The predicted octanol–water partition coefficient (Wildman–Crippen LogP) is 2.46. The number of fused-ring (bicyclic) bond motifs is 1. The Labute approximate surface area is 93.2 Å². The zero-order valence-electron chi connectivity index (χ0n) is 7.27. The van der Waals surface area contributed by atoms with Crippen LogP contribution in [0, 0.1) is 0 Å². The van der Waals surface area contributed by atoms with E-state index in [1.54, 1.807) is 6.07 Å². The van der Waals surface area contributed by atoms with Gasteiger partial charge >= 0.3 is 93.1 Å². The summed E-state index contributed by atoms with van der Waals surface area (Å²) in [5, 5.41) is 1.99. The van der Waals surface area contributed by atoms with E-state index in [4.69, 9.17) is 3.39 Å². The van der Waals surface area contributed by atoms with Crippen molar-refractivity contribution in [3.63, 3.8) is 0 Å². The van der Waals surface area contributed by atoms with Crippen LogP contribution in [0.15, 0.2) is 42.5 Å². The molecule has 0 unspecified atom stereocenters. The number of carbonyl (C=O) groups excluding carboxylic acids is 1. The standard InChI is InChI=1S/C11H8O2.Mo/c12-11(13)10-7-3-5-8-4-1-2-6-9(8)10;/h1-7H,(H,12,13);/q;+1/p-1. The van der Waals surface area contributed by atoms with E-state index in [0.717, 1.165) is 10.8 Å². The van der Waals surface area contributed by atoms with Crippen molar-refractivity contribution < 1.29 is 28.4 Å². The molecule has 0 aromatic heterocycles. The fourth-order valence-electron chi connectivity index (χ4n) is 1.45. The molecule has 2 aromatic carbocycles. The SMILES string of the molecule is O=C([O][Mo])c1cccc2ccccc12. The summed E-state index contributed by atoms with van der Waals surface area (Å²) in [6, 6.07) is 13.4. The Morgan fingerprint density at radius 3 is 2.57 bits per heavy atom. The minimum atomic E-state index is -0.286. The second kappa shape index (κ2) is 3.93. The van der Waals surface area contributed by atoms with Crippen LogP contribution in [0.3, 0.4) is 0 Å². The molecule has 0 atom stereocenters. The van der Waals surface area contributed by atoms with Crippen LogP contribution in [0.4, 0.5) is 0 Å². The Morgan fingerprint density at radius 2 is 1.79 bits per heavy atom. The molecule has 2 nitrogen and oxygen atoms in total. The number of carbonyl (C=O) groups is 1. The third kappa shape index (κ3) is 1.58. The molecular weight excluding hydrogens is 260 g/mol. The molecule has 0 heterocycles. The average Bonchev–Trinajstić information content (AvgIpc) is 2.27. The number of rotatable bonds is 1. The summed E-state index contributed by atoms with van der Waals surface area (Å²) < 4.78 is 4.72. The Morgan fingerprint density at radius 1 is 1.07 bits per heavy atom. The van der Waals surface area contributed by atoms with Crippen molar-refractivity contribution in [2.75, 3.05) is 0 Å². The van der Waals surface area contributed by atoms with Gasteiger partial charge < -0.3 is 0 Å². The summed E-state index contributed by atoms with van der Waals surface area (Å²) in [5.74, 6) is -0.286. The van der Waals surface area contributed by atoms with Crippen molar-refractivity contribution in [3.05, 3.63) is 48.0 Å². The van der Waals surface area contributed by atoms with Gasteiger partial charge in [0, 0.05) is 0 Å². The van der Waals surface area contributed by atoms with E-state index < -0.39 is 0 Å². The Bertz CT molecular complexity index is 474. The minimum absolute atomic E-state index is 0.286. The molecule has 0 N–H and O–H groups in total. The van der Waals surface area contributed by atoms with Gasteiger partial charge in [-0.1, -0.05) is 0 Å². The number of hydrogen-bond donors (Lipinski definition) is 0. The van der Waals surface area contributed by atoms with Gasteiger partial charge in [-0.05, 0) is 0 Å². The summed E-state index contributed by atoms with van der Waals surface area (Å²) in [6.45, 7) is 0. The first kappa shape index (κ1) is 9.41. The third-order valence-corrected chi connectivity index (χ3v) is 2.46. The van der Waals surface area contributed by atoms with Gasteiger partial charge in [0.2, 0.25) is 0 Å². The predicted molar refractivity (Wildman–Crippen MR) is 49.4 cm³/mol. The van der Waals surface area contributed by atoms with E-state index in [0.29, 0.717) is 5.56 Å². The fourth-order valence-corrected chi connectivity index (χ4v) is 1.67. The van der Waals surface area contributed by atoms with Crippen LogP contribution in [0.25, 0.3) is 10.8 Å². The van der Waals surface area contributed by atoms with Crippen molar-refractivity contribution in [3.8, 4) is 0 Å². The molecule has 2 aromatic rings. The average molecular weight is 267 g/mol. The number of benzene rings is 2. The van der Waals surface area contributed by atoms with Crippen LogP contribution < -0.4 is 0 Å². The normalized spacial score (nSPS) is 10.0. The fraction of sp³-hybridized carbons (Fsp3) is 0. The van der Waals surface area contributed by atoms with Gasteiger partial charge in [-0.15, -0.1) is 0 Å². The first-order valence-corrected chi connectivity index (χ1v) is 4.97.